The van der Waals surface area contributed by atoms with Crippen LogP contribution in [0.4, 0.5) is 10.7 Å². The molecular formula is C14H7Cl2N3O2S. The molecule has 110 valence electrons. The number of nitro groups is 1. The van der Waals surface area contributed by atoms with Crippen LogP contribution in [0.3, 0.4) is 0 Å². The Morgan fingerprint density at radius 3 is 2.64 bits per heavy atom. The van der Waals surface area contributed by atoms with E-state index < -0.39 is 4.92 Å². The van der Waals surface area contributed by atoms with Crippen molar-refractivity contribution in [3.05, 3.63) is 62.1 Å². The summed E-state index contributed by atoms with van der Waals surface area (Å²) in [7, 11) is 0. The number of hydrogen-bond acceptors (Lipinski definition) is 5. The summed E-state index contributed by atoms with van der Waals surface area (Å²) in [6, 6.07) is 9.51. The number of aromatic nitrogens is 1. The van der Waals surface area contributed by atoms with Gasteiger partial charge < -0.3 is 0 Å². The quantitative estimate of drug-likeness (QED) is 0.367. The zero-order valence-electron chi connectivity index (χ0n) is 10.9. The first-order chi connectivity index (χ1) is 10.5. The fourth-order valence-electron chi connectivity index (χ4n) is 1.87. The van der Waals surface area contributed by atoms with Crippen LogP contribution >= 0.6 is 34.7 Å². The molecule has 0 saturated carbocycles. The molecule has 0 N–H and O–H groups in total. The molecule has 0 saturated heterocycles. The van der Waals surface area contributed by atoms with Crippen LogP contribution in [0, 0.1) is 10.1 Å². The molecule has 0 amide bonds. The van der Waals surface area contributed by atoms with E-state index in [0.29, 0.717) is 20.6 Å². The molecule has 2 aromatic carbocycles. The fraction of sp³-hybridized carbons (Fsp3) is 0. The Balaban J connectivity index is 1.94. The van der Waals surface area contributed by atoms with Gasteiger partial charge in [0.15, 0.2) is 0 Å². The van der Waals surface area contributed by atoms with Crippen molar-refractivity contribution in [2.45, 2.75) is 0 Å². The number of benzene rings is 2. The Kier molecular flexibility index (Phi) is 4.06. The summed E-state index contributed by atoms with van der Waals surface area (Å²) < 4.78 is 4.26. The minimum absolute atomic E-state index is 0.0407. The van der Waals surface area contributed by atoms with Crippen LogP contribution in [0.25, 0.3) is 10.9 Å². The average Bonchev–Trinajstić information content (AvgIpc) is 2.89. The SMILES string of the molecule is O=[N+]([O-])c1ccc(/C=N/c2snc3c(Cl)cc(Cl)cc23)cc1. The van der Waals surface area contributed by atoms with Gasteiger partial charge in [-0.05, 0) is 41.4 Å². The Morgan fingerprint density at radius 2 is 1.95 bits per heavy atom. The minimum Gasteiger partial charge on any atom is -0.258 e. The number of rotatable bonds is 3. The molecular weight excluding hydrogens is 345 g/mol. The molecule has 3 rings (SSSR count). The van der Waals surface area contributed by atoms with E-state index in [4.69, 9.17) is 23.2 Å². The molecule has 1 aromatic heterocycles. The maximum absolute atomic E-state index is 10.6. The van der Waals surface area contributed by atoms with Crippen molar-refractivity contribution in [2.24, 2.45) is 4.99 Å². The summed E-state index contributed by atoms with van der Waals surface area (Å²) in [5.74, 6) is 0. The second-order valence-electron chi connectivity index (χ2n) is 4.38. The maximum atomic E-state index is 10.6. The van der Waals surface area contributed by atoms with E-state index in [2.05, 4.69) is 9.37 Å². The Morgan fingerprint density at radius 1 is 1.23 bits per heavy atom. The standard InChI is InChI=1S/C14H7Cl2N3O2S/c15-9-5-11-13(12(16)6-9)18-22-14(11)17-7-8-1-3-10(4-2-8)19(20)21/h1-7H/b17-7+. The molecule has 5 nitrogen and oxygen atoms in total. The molecule has 3 aromatic rings. The lowest BCUT2D eigenvalue weighted by atomic mass is 10.2. The number of halogens is 2. The van der Waals surface area contributed by atoms with E-state index in [1.54, 1.807) is 30.5 Å². The van der Waals surface area contributed by atoms with Crippen molar-refractivity contribution < 1.29 is 4.92 Å². The van der Waals surface area contributed by atoms with Crippen LogP contribution in [0.5, 0.6) is 0 Å². The predicted octanol–water partition coefficient (Wildman–Crippen LogP) is 5.26. The van der Waals surface area contributed by atoms with Crippen LogP contribution in [0.2, 0.25) is 10.0 Å². The monoisotopic (exact) mass is 351 g/mol. The summed E-state index contributed by atoms with van der Waals surface area (Å²) in [6.45, 7) is 0. The number of fused-ring (bicyclic) bond motifs is 1. The molecule has 0 aliphatic heterocycles. The van der Waals surface area contributed by atoms with E-state index >= 15 is 0 Å². The van der Waals surface area contributed by atoms with E-state index in [1.165, 1.54) is 23.7 Å². The van der Waals surface area contributed by atoms with Crippen LogP contribution in [-0.2, 0) is 0 Å². The summed E-state index contributed by atoms with van der Waals surface area (Å²) in [4.78, 5) is 14.5. The Bertz CT molecular complexity index is 891. The van der Waals surface area contributed by atoms with Crippen LogP contribution < -0.4 is 0 Å². The van der Waals surface area contributed by atoms with Gasteiger partial charge in [-0.15, -0.1) is 0 Å². The largest absolute Gasteiger partial charge is 0.269 e. The van der Waals surface area contributed by atoms with Crippen molar-refractivity contribution in [2.75, 3.05) is 0 Å². The molecule has 0 aliphatic carbocycles. The zero-order chi connectivity index (χ0) is 15.7. The first-order valence-corrected chi connectivity index (χ1v) is 7.60. The van der Waals surface area contributed by atoms with Gasteiger partial charge in [0.2, 0.25) is 0 Å². The summed E-state index contributed by atoms with van der Waals surface area (Å²) in [5, 5.41) is 13.1. The second-order valence-corrected chi connectivity index (χ2v) is 5.97. The second kappa shape index (κ2) is 6.00. The summed E-state index contributed by atoms with van der Waals surface area (Å²) in [6.07, 6.45) is 1.62. The van der Waals surface area contributed by atoms with Crippen molar-refractivity contribution in [3.63, 3.8) is 0 Å². The van der Waals surface area contributed by atoms with Gasteiger partial charge in [-0.2, -0.15) is 4.37 Å². The van der Waals surface area contributed by atoms with Gasteiger partial charge in [-0.1, -0.05) is 23.2 Å². The van der Waals surface area contributed by atoms with Gasteiger partial charge in [0.05, 0.1) is 9.95 Å². The Labute approximate surface area is 139 Å². The average molecular weight is 352 g/mol. The van der Waals surface area contributed by atoms with Crippen molar-refractivity contribution >= 4 is 62.5 Å². The van der Waals surface area contributed by atoms with Crippen LogP contribution in [0.1, 0.15) is 5.56 Å². The molecule has 22 heavy (non-hydrogen) atoms. The first kappa shape index (κ1) is 14.9. The molecule has 0 atom stereocenters. The molecule has 0 fully saturated rings. The number of nitrogens with zero attached hydrogens (tertiary/aromatic N) is 3. The molecule has 8 heteroatoms. The lowest BCUT2D eigenvalue weighted by molar-refractivity contribution is -0.384. The highest BCUT2D eigenvalue weighted by Crippen LogP contribution is 2.36. The smallest absolute Gasteiger partial charge is 0.258 e. The van der Waals surface area contributed by atoms with E-state index in [1.807, 2.05) is 0 Å². The van der Waals surface area contributed by atoms with E-state index in [9.17, 15) is 10.1 Å². The van der Waals surface area contributed by atoms with Gasteiger partial charge in [0, 0.05) is 28.8 Å². The van der Waals surface area contributed by atoms with E-state index in [-0.39, 0.29) is 5.69 Å². The number of hydrogen-bond donors (Lipinski definition) is 0. The zero-order valence-corrected chi connectivity index (χ0v) is 13.2. The highest BCUT2D eigenvalue weighted by atomic mass is 35.5. The summed E-state index contributed by atoms with van der Waals surface area (Å²) in [5.41, 5.74) is 1.45. The van der Waals surface area contributed by atoms with Gasteiger partial charge >= 0.3 is 0 Å². The fourth-order valence-corrected chi connectivity index (χ4v) is 3.18. The van der Waals surface area contributed by atoms with Gasteiger partial charge in [0.25, 0.3) is 5.69 Å². The van der Waals surface area contributed by atoms with Gasteiger partial charge in [-0.3, -0.25) is 10.1 Å². The normalized spacial score (nSPS) is 11.4. The number of non-ortho nitro benzene ring substituents is 1. The highest BCUT2D eigenvalue weighted by molar-refractivity contribution is 7.11. The lowest BCUT2D eigenvalue weighted by Gasteiger charge is -1.96. The minimum atomic E-state index is -0.443. The maximum Gasteiger partial charge on any atom is 0.269 e. The lowest BCUT2D eigenvalue weighted by Crippen LogP contribution is -1.88. The number of nitro benzene ring substituents is 1. The molecule has 0 bridgehead atoms. The van der Waals surface area contributed by atoms with Gasteiger partial charge in [0.1, 0.15) is 10.5 Å². The number of aliphatic imine (C=N–C) groups is 1. The van der Waals surface area contributed by atoms with Crippen molar-refractivity contribution in [1.29, 1.82) is 0 Å². The molecule has 0 unspecified atom stereocenters. The third-order valence-corrected chi connectivity index (χ3v) is 4.20. The molecule has 0 aliphatic rings. The molecule has 0 radical (unpaired) electrons. The molecule has 1 heterocycles. The Hall–Kier alpha value is -2.02. The topological polar surface area (TPSA) is 68.4 Å². The van der Waals surface area contributed by atoms with E-state index in [0.717, 1.165) is 10.9 Å². The van der Waals surface area contributed by atoms with Crippen molar-refractivity contribution in [1.82, 2.24) is 4.37 Å². The van der Waals surface area contributed by atoms with Crippen LogP contribution in [-0.4, -0.2) is 15.5 Å². The van der Waals surface area contributed by atoms with Crippen LogP contribution in [0.15, 0.2) is 41.4 Å². The highest BCUT2D eigenvalue weighted by Gasteiger charge is 2.09. The first-order valence-electron chi connectivity index (χ1n) is 6.07. The third-order valence-electron chi connectivity index (χ3n) is 2.92. The summed E-state index contributed by atoms with van der Waals surface area (Å²) >= 11 is 13.3. The van der Waals surface area contributed by atoms with Crippen molar-refractivity contribution in [3.8, 4) is 0 Å². The predicted molar refractivity (Wildman–Crippen MR) is 90.0 cm³/mol. The third kappa shape index (κ3) is 2.94. The molecule has 0 spiro atoms. The van der Waals surface area contributed by atoms with Gasteiger partial charge in [-0.25, -0.2) is 4.99 Å².